The number of nitrogens with zero attached hydrogens (tertiary/aromatic N) is 2. The zero-order valence-corrected chi connectivity index (χ0v) is 25.4. The zero-order chi connectivity index (χ0) is 22.9. The van der Waals surface area contributed by atoms with Crippen molar-refractivity contribution in [1.82, 2.24) is 9.97 Å². The van der Waals surface area contributed by atoms with E-state index in [1.807, 2.05) is 106 Å². The largest absolute Gasteiger partial charge is 0.243 e. The number of hydrogen-bond acceptors (Lipinski definition) is 11. The first kappa shape index (κ1) is 25.0. The van der Waals surface area contributed by atoms with E-state index in [9.17, 15) is 0 Å². The monoisotopic (exact) mass is 598 g/mol. The molecule has 2 aliphatic heterocycles. The lowest BCUT2D eigenvalue weighted by molar-refractivity contribution is 1.41. The van der Waals surface area contributed by atoms with Crippen molar-refractivity contribution >= 4 is 140 Å². The second-order valence-corrected chi connectivity index (χ2v) is 16.7. The van der Waals surface area contributed by atoms with Gasteiger partial charge in [0.05, 0.1) is 46.2 Å². The van der Waals surface area contributed by atoms with E-state index >= 15 is 0 Å². The molecule has 0 amide bonds. The average Bonchev–Trinajstić information content (AvgIpc) is 3.53. The molecule has 170 valence electrons. The van der Waals surface area contributed by atoms with Crippen LogP contribution >= 0.6 is 105 Å². The molecular formula is C22H18N2S9. The molecule has 0 fully saturated rings. The maximum absolute atomic E-state index is 5.05. The maximum Gasteiger partial charge on any atom is 0.108 e. The predicted octanol–water partition coefficient (Wildman–Crippen LogP) is 10.1. The van der Waals surface area contributed by atoms with Crippen LogP contribution in [-0.4, -0.2) is 35.0 Å². The fourth-order valence-electron chi connectivity index (χ4n) is 3.16. The van der Waals surface area contributed by atoms with Crippen LogP contribution in [0.25, 0.3) is 34.2 Å². The van der Waals surface area contributed by atoms with Crippen LogP contribution in [-0.2, 0) is 0 Å². The lowest BCUT2D eigenvalue weighted by Gasteiger charge is -1.99. The standard InChI is InChI=1S/C22H18N2S9/c1-25-19-20(26-2)31-15(30-19)9-13-17-18(24-12-8-6-5-7-11(12)23-17)14(29-13)10-16-32-21(27-3)22(28-4)33-16/h5-10H,1-4H3. The molecule has 0 spiro atoms. The highest BCUT2D eigenvalue weighted by molar-refractivity contribution is 8.41. The number of benzene rings is 1. The minimum absolute atomic E-state index is 0.946. The summed E-state index contributed by atoms with van der Waals surface area (Å²) in [5, 5.41) is 0. The van der Waals surface area contributed by atoms with Crippen molar-refractivity contribution in [3.63, 3.8) is 0 Å². The fraction of sp³-hybridized carbons (Fsp3) is 0.182. The Kier molecular flexibility index (Phi) is 8.41. The van der Waals surface area contributed by atoms with Crippen molar-refractivity contribution in [3.8, 4) is 0 Å². The molecule has 4 heterocycles. The summed E-state index contributed by atoms with van der Waals surface area (Å²) < 4.78 is 8.16. The first-order chi connectivity index (χ1) is 16.1. The van der Waals surface area contributed by atoms with Gasteiger partial charge in [-0.15, -0.1) is 58.4 Å². The van der Waals surface area contributed by atoms with E-state index in [4.69, 9.17) is 9.97 Å². The van der Waals surface area contributed by atoms with E-state index < -0.39 is 0 Å². The summed E-state index contributed by atoms with van der Waals surface area (Å²) in [6.07, 6.45) is 13.2. The van der Waals surface area contributed by atoms with Crippen molar-refractivity contribution in [2.75, 3.05) is 25.0 Å². The van der Waals surface area contributed by atoms with E-state index in [1.54, 1.807) is 11.3 Å². The second-order valence-electron chi connectivity index (χ2n) is 6.54. The van der Waals surface area contributed by atoms with E-state index in [1.165, 1.54) is 35.2 Å². The van der Waals surface area contributed by atoms with Crippen LogP contribution in [0.15, 0.2) is 49.7 Å². The molecule has 0 aliphatic carbocycles. The highest BCUT2D eigenvalue weighted by Crippen LogP contribution is 2.58. The van der Waals surface area contributed by atoms with Crippen LogP contribution in [0.3, 0.4) is 0 Å². The lowest BCUT2D eigenvalue weighted by atomic mass is 10.2. The van der Waals surface area contributed by atoms with Gasteiger partial charge in [0.2, 0.25) is 0 Å². The zero-order valence-electron chi connectivity index (χ0n) is 18.0. The fourth-order valence-corrected chi connectivity index (χ4v) is 14.3. The van der Waals surface area contributed by atoms with Crippen LogP contribution < -0.4 is 0 Å². The Morgan fingerprint density at radius 2 is 0.970 bits per heavy atom. The van der Waals surface area contributed by atoms with Gasteiger partial charge >= 0.3 is 0 Å². The number of hydrogen-bond donors (Lipinski definition) is 0. The van der Waals surface area contributed by atoms with Crippen LogP contribution in [0.1, 0.15) is 9.75 Å². The number of para-hydroxylation sites is 2. The van der Waals surface area contributed by atoms with Gasteiger partial charge in [-0.3, -0.25) is 0 Å². The van der Waals surface area contributed by atoms with Crippen molar-refractivity contribution in [2.24, 2.45) is 0 Å². The van der Waals surface area contributed by atoms with Gasteiger partial charge in [-0.25, -0.2) is 9.97 Å². The number of thiophene rings is 1. The van der Waals surface area contributed by atoms with E-state index in [2.05, 4.69) is 49.3 Å². The van der Waals surface area contributed by atoms with E-state index in [0.29, 0.717) is 0 Å². The Labute approximate surface area is 231 Å². The summed E-state index contributed by atoms with van der Waals surface area (Å²) in [6.45, 7) is 0. The van der Waals surface area contributed by atoms with Gasteiger partial charge in [0.1, 0.15) is 11.0 Å². The normalized spacial score (nSPS) is 16.7. The van der Waals surface area contributed by atoms with Gasteiger partial charge in [0, 0.05) is 0 Å². The van der Waals surface area contributed by atoms with Crippen LogP contribution in [0, 0.1) is 0 Å². The van der Waals surface area contributed by atoms with Crippen LogP contribution in [0.2, 0.25) is 0 Å². The molecule has 0 N–H and O–H groups in total. The maximum atomic E-state index is 5.05. The molecule has 11 heteroatoms. The topological polar surface area (TPSA) is 25.8 Å². The molecule has 3 aromatic rings. The van der Waals surface area contributed by atoms with Crippen molar-refractivity contribution < 1.29 is 0 Å². The number of aromatic nitrogens is 2. The summed E-state index contributed by atoms with van der Waals surface area (Å²) in [7, 11) is 0. The third-order valence-corrected chi connectivity index (χ3v) is 15.8. The summed E-state index contributed by atoms with van der Waals surface area (Å²) in [5.41, 5.74) is 3.89. The van der Waals surface area contributed by atoms with Crippen LogP contribution in [0.5, 0.6) is 0 Å². The Morgan fingerprint density at radius 3 is 1.30 bits per heavy atom. The molecule has 2 aliphatic rings. The van der Waals surface area contributed by atoms with Gasteiger partial charge in [0.15, 0.2) is 0 Å². The quantitative estimate of drug-likeness (QED) is 0.273. The van der Waals surface area contributed by atoms with Crippen LogP contribution in [0.4, 0.5) is 0 Å². The Balaban J connectivity index is 1.60. The minimum Gasteiger partial charge on any atom is -0.243 e. The third-order valence-electron chi connectivity index (χ3n) is 4.60. The minimum atomic E-state index is 0.946. The first-order valence-electron chi connectivity index (χ1n) is 9.62. The summed E-state index contributed by atoms with van der Waals surface area (Å²) >= 11 is 16.6. The average molecular weight is 599 g/mol. The molecule has 2 nitrogen and oxygen atoms in total. The SMILES string of the molecule is CSC1=C(SC)SC(=Cc2sc(C=C3SC(SC)=C(SC)S3)c3nc4ccccc4nc23)S1. The summed E-state index contributed by atoms with van der Waals surface area (Å²) in [6, 6.07) is 8.16. The molecule has 0 radical (unpaired) electrons. The summed E-state index contributed by atoms with van der Waals surface area (Å²) in [5.74, 6) is 0. The van der Waals surface area contributed by atoms with Gasteiger partial charge in [-0.1, -0.05) is 59.2 Å². The number of thioether (sulfide) groups is 8. The number of rotatable bonds is 6. The lowest BCUT2D eigenvalue weighted by Crippen LogP contribution is -1.86. The molecule has 0 unspecified atom stereocenters. The smallest absolute Gasteiger partial charge is 0.108 e. The van der Waals surface area contributed by atoms with Gasteiger partial charge < -0.3 is 0 Å². The molecule has 33 heavy (non-hydrogen) atoms. The molecule has 1 aromatic carbocycles. The van der Waals surface area contributed by atoms with Gasteiger partial charge in [-0.2, -0.15) is 0 Å². The molecule has 0 saturated carbocycles. The molecule has 2 aromatic heterocycles. The van der Waals surface area contributed by atoms with E-state index in [-0.39, 0.29) is 0 Å². The van der Waals surface area contributed by atoms with Crippen molar-refractivity contribution in [3.05, 3.63) is 59.4 Å². The second kappa shape index (κ2) is 11.1. The molecule has 0 saturated heterocycles. The third kappa shape index (κ3) is 5.22. The highest BCUT2D eigenvalue weighted by Gasteiger charge is 2.23. The predicted molar refractivity (Wildman–Crippen MR) is 169 cm³/mol. The van der Waals surface area contributed by atoms with Crippen molar-refractivity contribution in [2.45, 2.75) is 0 Å². The molecule has 5 rings (SSSR count). The Hall–Kier alpha value is 0.280. The molecule has 0 bridgehead atoms. The Morgan fingerprint density at radius 1 is 0.606 bits per heavy atom. The Bertz CT molecular complexity index is 1230. The van der Waals surface area contributed by atoms with Crippen molar-refractivity contribution in [1.29, 1.82) is 0 Å². The first-order valence-corrected chi connectivity index (χ1v) is 18.6. The molecular weight excluding hydrogens is 581 g/mol. The van der Waals surface area contributed by atoms with E-state index in [0.717, 1.165) is 22.1 Å². The number of fused-ring (bicyclic) bond motifs is 2. The molecule has 0 atom stereocenters. The highest BCUT2D eigenvalue weighted by atomic mass is 32.3. The van der Waals surface area contributed by atoms with Gasteiger partial charge in [-0.05, 0) is 49.3 Å². The van der Waals surface area contributed by atoms with Gasteiger partial charge in [0.25, 0.3) is 0 Å². The summed E-state index contributed by atoms with van der Waals surface area (Å²) in [4.78, 5) is 12.5.